The van der Waals surface area contributed by atoms with Gasteiger partial charge in [-0.05, 0) is 48.0 Å². The van der Waals surface area contributed by atoms with E-state index in [1.165, 1.54) is 4.40 Å². The number of carbonyl (C=O) groups excluding carboxylic acids is 1. The number of methoxy groups -OCH3 is 1. The van der Waals surface area contributed by atoms with Gasteiger partial charge >= 0.3 is 5.69 Å². The minimum Gasteiger partial charge on any atom is -0.497 e. The molecule has 5 rings (SSSR count). The molecule has 2 aromatic carbocycles. The Bertz CT molecular complexity index is 1460. The third kappa shape index (κ3) is 3.52. The number of anilines is 1. The number of H-pyrrole nitrogens is 2. The Balaban J connectivity index is 1.38. The van der Waals surface area contributed by atoms with Crippen molar-refractivity contribution in [2.75, 3.05) is 12.4 Å². The van der Waals surface area contributed by atoms with E-state index in [9.17, 15) is 9.59 Å². The number of aromatic nitrogens is 5. The zero-order chi connectivity index (χ0) is 21.4. The Hall–Kier alpha value is -4.40. The van der Waals surface area contributed by atoms with Crippen molar-refractivity contribution in [3.63, 3.8) is 0 Å². The second kappa shape index (κ2) is 7.45. The minimum atomic E-state index is -0.395. The lowest BCUT2D eigenvalue weighted by molar-refractivity contribution is 0.102. The molecule has 0 aliphatic heterocycles. The molecule has 1 amide bonds. The van der Waals surface area contributed by atoms with Crippen LogP contribution in [0.25, 0.3) is 16.7 Å². The summed E-state index contributed by atoms with van der Waals surface area (Å²) in [5.74, 6) is 1.27. The van der Waals surface area contributed by atoms with Crippen molar-refractivity contribution in [1.29, 1.82) is 0 Å². The molecule has 0 atom stereocenters. The maximum atomic E-state index is 12.8. The van der Waals surface area contributed by atoms with Gasteiger partial charge in [0.2, 0.25) is 0 Å². The van der Waals surface area contributed by atoms with Crippen molar-refractivity contribution < 1.29 is 9.53 Å². The van der Waals surface area contributed by atoms with Crippen LogP contribution in [0.15, 0.2) is 65.6 Å². The molecular formula is C22H18N6O3. The van der Waals surface area contributed by atoms with Crippen LogP contribution in [0.5, 0.6) is 5.75 Å². The maximum Gasteiger partial charge on any atom is 0.347 e. The van der Waals surface area contributed by atoms with Gasteiger partial charge in [0.05, 0.1) is 23.7 Å². The first-order valence-electron chi connectivity index (χ1n) is 9.59. The summed E-state index contributed by atoms with van der Waals surface area (Å²) in [5, 5.41) is 9.13. The molecule has 3 N–H and O–H groups in total. The van der Waals surface area contributed by atoms with Crippen molar-refractivity contribution in [3.8, 4) is 5.75 Å². The molecular weight excluding hydrogens is 396 g/mol. The Morgan fingerprint density at radius 2 is 2.00 bits per heavy atom. The average molecular weight is 414 g/mol. The van der Waals surface area contributed by atoms with Crippen LogP contribution in [0.4, 0.5) is 5.69 Å². The number of ether oxygens (including phenoxy) is 1. The molecule has 0 bridgehead atoms. The third-order valence-electron chi connectivity index (χ3n) is 5.01. The topological polar surface area (TPSA) is 117 Å². The van der Waals surface area contributed by atoms with E-state index in [2.05, 4.69) is 25.5 Å². The van der Waals surface area contributed by atoms with Gasteiger partial charge in [-0.3, -0.25) is 4.79 Å². The first-order chi connectivity index (χ1) is 15.1. The first kappa shape index (κ1) is 18.6. The Morgan fingerprint density at radius 1 is 1.16 bits per heavy atom. The number of nitrogens with one attached hydrogen (secondary N) is 3. The number of rotatable bonds is 5. The maximum absolute atomic E-state index is 12.8. The van der Waals surface area contributed by atoms with Crippen molar-refractivity contribution in [1.82, 2.24) is 24.6 Å². The van der Waals surface area contributed by atoms with Gasteiger partial charge in [0.25, 0.3) is 5.91 Å². The summed E-state index contributed by atoms with van der Waals surface area (Å²) in [6.07, 6.45) is 2.20. The second-order valence-corrected chi connectivity index (χ2v) is 7.04. The Morgan fingerprint density at radius 3 is 2.81 bits per heavy atom. The lowest BCUT2D eigenvalue weighted by Crippen LogP contribution is -2.15. The van der Waals surface area contributed by atoms with Gasteiger partial charge in [-0.15, -0.1) is 0 Å². The molecule has 154 valence electrons. The number of pyridine rings is 1. The lowest BCUT2D eigenvalue weighted by Gasteiger charge is -2.05. The molecule has 0 aliphatic carbocycles. The van der Waals surface area contributed by atoms with Crippen molar-refractivity contribution in [2.24, 2.45) is 0 Å². The van der Waals surface area contributed by atoms with Crippen LogP contribution in [0.1, 0.15) is 21.7 Å². The van der Waals surface area contributed by atoms with Gasteiger partial charge in [-0.25, -0.2) is 19.3 Å². The molecule has 9 nitrogen and oxygen atoms in total. The molecule has 0 spiro atoms. The zero-order valence-electron chi connectivity index (χ0n) is 16.5. The predicted molar refractivity (Wildman–Crippen MR) is 116 cm³/mol. The van der Waals surface area contributed by atoms with E-state index in [0.717, 1.165) is 28.2 Å². The molecule has 0 fully saturated rings. The molecule has 3 aromatic heterocycles. The molecule has 0 saturated heterocycles. The number of imidazole rings is 1. The third-order valence-corrected chi connectivity index (χ3v) is 5.01. The van der Waals surface area contributed by atoms with E-state index < -0.39 is 5.69 Å². The van der Waals surface area contributed by atoms with Gasteiger partial charge in [0, 0.05) is 18.3 Å². The summed E-state index contributed by atoms with van der Waals surface area (Å²) in [6, 6.07) is 16.5. The number of hydrogen-bond acceptors (Lipinski definition) is 5. The number of amides is 1. The van der Waals surface area contributed by atoms with E-state index in [-0.39, 0.29) is 11.6 Å². The molecule has 0 radical (unpaired) electrons. The molecule has 9 heteroatoms. The van der Waals surface area contributed by atoms with Crippen LogP contribution in [0, 0.1) is 0 Å². The van der Waals surface area contributed by atoms with Gasteiger partial charge in [-0.1, -0.05) is 12.1 Å². The molecule has 0 unspecified atom stereocenters. The van der Waals surface area contributed by atoms with Crippen LogP contribution < -0.4 is 15.7 Å². The number of hydrogen-bond donors (Lipinski definition) is 3. The number of carbonyl (C=O) groups is 1. The van der Waals surface area contributed by atoms with Gasteiger partial charge in [-0.2, -0.15) is 5.10 Å². The highest BCUT2D eigenvalue weighted by Gasteiger charge is 2.14. The summed E-state index contributed by atoms with van der Waals surface area (Å²) in [7, 11) is 1.64. The summed E-state index contributed by atoms with van der Waals surface area (Å²) < 4.78 is 6.48. The predicted octanol–water partition coefficient (Wildman–Crippen LogP) is 2.75. The highest BCUT2D eigenvalue weighted by Crippen LogP contribution is 2.20. The van der Waals surface area contributed by atoms with E-state index in [0.29, 0.717) is 17.7 Å². The highest BCUT2D eigenvalue weighted by molar-refractivity contribution is 6.08. The Labute approximate surface area is 175 Å². The summed E-state index contributed by atoms with van der Waals surface area (Å²) >= 11 is 0. The van der Waals surface area contributed by atoms with Crippen molar-refractivity contribution in [2.45, 2.75) is 6.42 Å². The lowest BCUT2D eigenvalue weighted by atomic mass is 10.1. The highest BCUT2D eigenvalue weighted by atomic mass is 16.5. The number of fused-ring (bicyclic) bond motifs is 2. The SMILES string of the molecule is COc1ccc(Cc2nc3ccc(NC(=O)c4cccn5c(=O)[nH]nc45)cc3[nH]2)cc1. The minimum absolute atomic E-state index is 0.273. The largest absolute Gasteiger partial charge is 0.497 e. The summed E-state index contributed by atoms with van der Waals surface area (Å²) in [5.41, 5.74) is 3.51. The van der Waals surface area contributed by atoms with E-state index in [4.69, 9.17) is 4.74 Å². The average Bonchev–Trinajstić information content (AvgIpc) is 3.36. The van der Waals surface area contributed by atoms with Crippen molar-refractivity contribution >= 4 is 28.3 Å². The molecule has 3 heterocycles. The van der Waals surface area contributed by atoms with Crippen LogP contribution in [-0.2, 0) is 6.42 Å². The number of benzene rings is 2. The van der Waals surface area contributed by atoms with Gasteiger partial charge < -0.3 is 15.0 Å². The summed E-state index contributed by atoms with van der Waals surface area (Å²) in [4.78, 5) is 32.4. The van der Waals surface area contributed by atoms with E-state index in [1.54, 1.807) is 31.5 Å². The van der Waals surface area contributed by atoms with E-state index >= 15 is 0 Å². The molecule has 0 aliphatic rings. The molecule has 0 saturated carbocycles. The number of nitrogens with zero attached hydrogens (tertiary/aromatic N) is 3. The monoisotopic (exact) mass is 414 g/mol. The smallest absolute Gasteiger partial charge is 0.347 e. The normalized spacial score (nSPS) is 11.1. The van der Waals surface area contributed by atoms with E-state index in [1.807, 2.05) is 36.4 Å². The fourth-order valence-electron chi connectivity index (χ4n) is 3.47. The van der Waals surface area contributed by atoms with Crippen LogP contribution in [0.2, 0.25) is 0 Å². The van der Waals surface area contributed by atoms with Crippen molar-refractivity contribution in [3.05, 3.63) is 88.2 Å². The first-order valence-corrected chi connectivity index (χ1v) is 9.59. The Kier molecular flexibility index (Phi) is 4.47. The summed E-state index contributed by atoms with van der Waals surface area (Å²) in [6.45, 7) is 0. The van der Waals surface area contributed by atoms with Gasteiger partial charge in [0.15, 0.2) is 5.65 Å². The van der Waals surface area contributed by atoms with Crippen LogP contribution in [0.3, 0.4) is 0 Å². The fraction of sp³-hybridized carbons (Fsp3) is 0.0909. The van der Waals surface area contributed by atoms with Crippen LogP contribution >= 0.6 is 0 Å². The zero-order valence-corrected chi connectivity index (χ0v) is 16.5. The molecule has 5 aromatic rings. The number of aromatic amines is 2. The standard InChI is InChI=1S/C22H18N6O3/c1-31-15-7-4-13(5-8-15)11-19-24-17-9-6-14(12-18(17)25-19)23-21(29)16-3-2-10-28-20(16)26-27-22(28)30/h2-10,12H,11H2,1H3,(H,23,29)(H,24,25)(H,27,30). The van der Waals surface area contributed by atoms with Crippen LogP contribution in [-0.4, -0.2) is 37.6 Å². The molecule has 31 heavy (non-hydrogen) atoms. The quantitative estimate of drug-likeness (QED) is 0.409. The van der Waals surface area contributed by atoms with Gasteiger partial charge in [0.1, 0.15) is 11.6 Å². The fourth-order valence-corrected chi connectivity index (χ4v) is 3.47. The second-order valence-electron chi connectivity index (χ2n) is 7.04.